The van der Waals surface area contributed by atoms with Crippen LogP contribution in [0.25, 0.3) is 5.76 Å². The molecule has 0 bridgehead atoms. The predicted octanol–water partition coefficient (Wildman–Crippen LogP) is 4.38. The molecule has 0 saturated carbocycles. The summed E-state index contributed by atoms with van der Waals surface area (Å²) in [5, 5.41) is 11.4. The van der Waals surface area contributed by atoms with Crippen LogP contribution in [0.2, 0.25) is 5.02 Å². The molecule has 1 fully saturated rings. The number of carbonyl (C=O) groups is 2. The highest BCUT2D eigenvalue weighted by Crippen LogP contribution is 2.42. The zero-order valence-corrected chi connectivity index (χ0v) is 18.0. The standard InChI is InChI=1S/C24H19ClN2O5/c1-31-17-8-6-16(7-9-17)27-21(15-4-3-11-26-13-15)20(23(29)24(27)30)22(28)14-5-10-19(32-2)18(25)12-14/h3-13,21,28H,1-2H3/b22-20-. The lowest BCUT2D eigenvalue weighted by molar-refractivity contribution is -0.132. The number of Topliss-reactive ketones (excluding diaryl/α,β-unsaturated/α-hetero) is 1. The number of ketones is 1. The van der Waals surface area contributed by atoms with Crippen molar-refractivity contribution >= 4 is 34.7 Å². The van der Waals surface area contributed by atoms with Gasteiger partial charge in [0.25, 0.3) is 11.7 Å². The van der Waals surface area contributed by atoms with E-state index in [0.717, 1.165) is 0 Å². The molecule has 7 nitrogen and oxygen atoms in total. The van der Waals surface area contributed by atoms with Crippen LogP contribution in [0.5, 0.6) is 11.5 Å². The van der Waals surface area contributed by atoms with Crippen molar-refractivity contribution in [1.29, 1.82) is 0 Å². The maximum absolute atomic E-state index is 13.1. The number of ether oxygens (including phenoxy) is 2. The van der Waals surface area contributed by atoms with Crippen molar-refractivity contribution in [2.75, 3.05) is 19.1 Å². The zero-order chi connectivity index (χ0) is 22.8. The number of amides is 1. The number of halogens is 1. The highest BCUT2D eigenvalue weighted by molar-refractivity contribution is 6.51. The van der Waals surface area contributed by atoms with Crippen LogP contribution in [0.4, 0.5) is 5.69 Å². The maximum atomic E-state index is 13.1. The lowest BCUT2D eigenvalue weighted by atomic mass is 9.96. The van der Waals surface area contributed by atoms with Crippen LogP contribution >= 0.6 is 11.6 Å². The van der Waals surface area contributed by atoms with Crippen LogP contribution < -0.4 is 14.4 Å². The van der Waals surface area contributed by atoms with E-state index in [2.05, 4.69) is 4.98 Å². The van der Waals surface area contributed by atoms with Gasteiger partial charge in [0.15, 0.2) is 0 Å². The van der Waals surface area contributed by atoms with Crippen molar-refractivity contribution in [2.45, 2.75) is 6.04 Å². The fraction of sp³-hybridized carbons (Fsp3) is 0.125. The van der Waals surface area contributed by atoms with Gasteiger partial charge in [-0.3, -0.25) is 19.5 Å². The van der Waals surface area contributed by atoms with Crippen molar-refractivity contribution in [1.82, 2.24) is 4.98 Å². The van der Waals surface area contributed by atoms with Gasteiger partial charge in [0, 0.05) is 23.6 Å². The number of methoxy groups -OCH3 is 2. The largest absolute Gasteiger partial charge is 0.507 e. The summed E-state index contributed by atoms with van der Waals surface area (Å²) >= 11 is 6.21. The van der Waals surface area contributed by atoms with Crippen LogP contribution in [0.3, 0.4) is 0 Å². The van der Waals surface area contributed by atoms with Crippen molar-refractivity contribution in [2.24, 2.45) is 0 Å². The Hall–Kier alpha value is -3.84. The second kappa shape index (κ2) is 8.72. The summed E-state index contributed by atoms with van der Waals surface area (Å²) in [5.41, 5.74) is 1.29. The first-order valence-electron chi connectivity index (χ1n) is 9.65. The van der Waals surface area contributed by atoms with Gasteiger partial charge in [-0.2, -0.15) is 0 Å². The molecule has 2 heterocycles. The summed E-state index contributed by atoms with van der Waals surface area (Å²) in [6.07, 6.45) is 3.15. The molecule has 1 unspecified atom stereocenters. The quantitative estimate of drug-likeness (QED) is 0.352. The fourth-order valence-electron chi connectivity index (χ4n) is 3.66. The lowest BCUT2D eigenvalue weighted by Gasteiger charge is -2.25. The van der Waals surface area contributed by atoms with E-state index in [1.807, 2.05) is 0 Å². The summed E-state index contributed by atoms with van der Waals surface area (Å²) in [6.45, 7) is 0. The molecule has 4 rings (SSSR count). The highest BCUT2D eigenvalue weighted by Gasteiger charge is 2.47. The van der Waals surface area contributed by atoms with Gasteiger partial charge in [0.05, 0.1) is 30.9 Å². The minimum atomic E-state index is -0.877. The SMILES string of the molecule is COc1ccc(N2C(=O)C(=O)/C(=C(\O)c3ccc(OC)c(Cl)c3)C2c2cccnc2)cc1. The fourth-order valence-corrected chi connectivity index (χ4v) is 3.92. The molecule has 1 aliphatic rings. The number of aromatic nitrogens is 1. The Labute approximate surface area is 189 Å². The molecule has 1 aliphatic heterocycles. The van der Waals surface area contributed by atoms with E-state index in [4.69, 9.17) is 21.1 Å². The summed E-state index contributed by atoms with van der Waals surface area (Å²) in [5.74, 6) is -0.871. The van der Waals surface area contributed by atoms with Gasteiger partial charge in [-0.25, -0.2) is 0 Å². The monoisotopic (exact) mass is 450 g/mol. The molecule has 162 valence electrons. The third kappa shape index (κ3) is 3.67. The van der Waals surface area contributed by atoms with Crippen molar-refractivity contribution in [3.8, 4) is 11.5 Å². The molecule has 1 aromatic heterocycles. The molecule has 0 aliphatic carbocycles. The van der Waals surface area contributed by atoms with Crippen molar-refractivity contribution in [3.63, 3.8) is 0 Å². The Morgan fingerprint density at radius 3 is 2.41 bits per heavy atom. The van der Waals surface area contributed by atoms with Gasteiger partial charge in [-0.15, -0.1) is 0 Å². The zero-order valence-electron chi connectivity index (χ0n) is 17.3. The van der Waals surface area contributed by atoms with Gasteiger partial charge in [0.1, 0.15) is 17.3 Å². The van der Waals surface area contributed by atoms with Crippen LogP contribution in [0.15, 0.2) is 72.6 Å². The van der Waals surface area contributed by atoms with Gasteiger partial charge >= 0.3 is 0 Å². The third-order valence-electron chi connectivity index (χ3n) is 5.22. The summed E-state index contributed by atoms with van der Waals surface area (Å²) < 4.78 is 10.3. The molecule has 1 atom stereocenters. The lowest BCUT2D eigenvalue weighted by Crippen LogP contribution is -2.29. The molecular formula is C24H19ClN2O5. The normalized spacial score (nSPS) is 17.5. The van der Waals surface area contributed by atoms with Crippen molar-refractivity contribution in [3.05, 3.63) is 88.7 Å². The first-order chi connectivity index (χ1) is 15.5. The second-order valence-corrected chi connectivity index (χ2v) is 7.41. The van der Waals surface area contributed by atoms with Gasteiger partial charge in [0.2, 0.25) is 0 Å². The molecule has 8 heteroatoms. The molecule has 32 heavy (non-hydrogen) atoms. The molecule has 1 N–H and O–H groups in total. The number of aliphatic hydroxyl groups excluding tert-OH is 1. The minimum absolute atomic E-state index is 0.0555. The van der Waals surface area contributed by atoms with E-state index in [1.54, 1.807) is 60.9 Å². The number of hydrogen-bond acceptors (Lipinski definition) is 6. The average molecular weight is 451 g/mol. The number of benzene rings is 2. The van der Waals surface area contributed by atoms with E-state index in [9.17, 15) is 14.7 Å². The smallest absolute Gasteiger partial charge is 0.300 e. The van der Waals surface area contributed by atoms with Crippen LogP contribution in [-0.4, -0.2) is 36.0 Å². The molecule has 3 aromatic rings. The molecular weight excluding hydrogens is 432 g/mol. The van der Waals surface area contributed by atoms with E-state index in [1.165, 1.54) is 25.2 Å². The summed E-state index contributed by atoms with van der Waals surface area (Å²) in [7, 11) is 3.01. The molecule has 0 spiro atoms. The summed E-state index contributed by atoms with van der Waals surface area (Å²) in [6, 6.07) is 13.9. The second-order valence-electron chi connectivity index (χ2n) is 7.00. The molecule has 1 saturated heterocycles. The molecule has 2 aromatic carbocycles. The number of carbonyl (C=O) groups excluding carboxylic acids is 2. The predicted molar refractivity (Wildman–Crippen MR) is 120 cm³/mol. The van der Waals surface area contributed by atoms with Gasteiger partial charge in [-0.1, -0.05) is 17.7 Å². The number of rotatable bonds is 5. The Morgan fingerprint density at radius 1 is 1.06 bits per heavy atom. The van der Waals surface area contributed by atoms with Crippen LogP contribution in [0, 0.1) is 0 Å². The minimum Gasteiger partial charge on any atom is -0.507 e. The average Bonchev–Trinajstić information content (AvgIpc) is 3.09. The summed E-state index contributed by atoms with van der Waals surface area (Å²) in [4.78, 5) is 31.7. The van der Waals surface area contributed by atoms with Crippen molar-refractivity contribution < 1.29 is 24.2 Å². The number of hydrogen-bond donors (Lipinski definition) is 1. The van der Waals surface area contributed by atoms with E-state index < -0.39 is 17.7 Å². The Kier molecular flexibility index (Phi) is 5.83. The molecule has 0 radical (unpaired) electrons. The van der Waals surface area contributed by atoms with Crippen LogP contribution in [-0.2, 0) is 9.59 Å². The number of aliphatic hydroxyl groups is 1. The van der Waals surface area contributed by atoms with Crippen LogP contribution in [0.1, 0.15) is 17.2 Å². The highest BCUT2D eigenvalue weighted by atomic mass is 35.5. The van der Waals surface area contributed by atoms with Gasteiger partial charge in [-0.05, 0) is 54.1 Å². The Bertz CT molecular complexity index is 1210. The van der Waals surface area contributed by atoms with E-state index in [0.29, 0.717) is 22.7 Å². The topological polar surface area (TPSA) is 89.0 Å². The first-order valence-corrected chi connectivity index (χ1v) is 10.0. The number of anilines is 1. The molecule has 1 amide bonds. The maximum Gasteiger partial charge on any atom is 0.300 e. The van der Waals surface area contributed by atoms with E-state index >= 15 is 0 Å². The Morgan fingerprint density at radius 2 is 1.81 bits per heavy atom. The number of pyridine rings is 1. The number of nitrogens with zero attached hydrogens (tertiary/aromatic N) is 2. The van der Waals surface area contributed by atoms with Gasteiger partial charge < -0.3 is 14.6 Å². The first kappa shape index (κ1) is 21.4. The third-order valence-corrected chi connectivity index (χ3v) is 5.52. The Balaban J connectivity index is 1.90. The van der Waals surface area contributed by atoms with E-state index in [-0.39, 0.29) is 21.9 Å².